The van der Waals surface area contributed by atoms with Crippen molar-refractivity contribution in [3.8, 4) is 0 Å². The highest BCUT2D eigenvalue weighted by atomic mass is 35.5. The van der Waals surface area contributed by atoms with Crippen molar-refractivity contribution < 1.29 is 4.74 Å². The van der Waals surface area contributed by atoms with Gasteiger partial charge in [0.2, 0.25) is 6.23 Å². The molecule has 0 amide bonds. The largest absolute Gasteiger partial charge is 0.350 e. The highest BCUT2D eigenvalue weighted by Crippen LogP contribution is 2.17. The van der Waals surface area contributed by atoms with Crippen LogP contribution in [0.1, 0.15) is 13.8 Å². The molecule has 1 atom stereocenters. The lowest BCUT2D eigenvalue weighted by Crippen LogP contribution is -2.06. The summed E-state index contributed by atoms with van der Waals surface area (Å²) in [5.74, 6) is 0.560. The second-order valence-corrected chi connectivity index (χ2v) is 2.92. The van der Waals surface area contributed by atoms with E-state index in [2.05, 4.69) is 18.8 Å². The van der Waals surface area contributed by atoms with Crippen LogP contribution in [0.5, 0.6) is 0 Å². The average molecular weight is 148 g/mol. The Balaban J connectivity index is 1.96. The van der Waals surface area contributed by atoms with E-state index in [0.29, 0.717) is 11.1 Å². The van der Waals surface area contributed by atoms with E-state index in [0.717, 1.165) is 6.61 Å². The number of hydrogen-bond donors (Lipinski definition) is 0. The Kier molecular flexibility index (Phi) is 2.09. The van der Waals surface area contributed by atoms with Gasteiger partial charge >= 0.3 is 0 Å². The van der Waals surface area contributed by atoms with Crippen LogP contribution in [0.3, 0.4) is 0 Å². The second-order valence-electron chi connectivity index (χ2n) is 2.53. The molecule has 52 valence electrons. The zero-order chi connectivity index (χ0) is 6.85. The minimum atomic E-state index is -0.0888. The van der Waals surface area contributed by atoms with Gasteiger partial charge in [0, 0.05) is 0 Å². The summed E-state index contributed by atoms with van der Waals surface area (Å²) in [5, 5.41) is 0.607. The van der Waals surface area contributed by atoms with Crippen LogP contribution in [0.2, 0.25) is 0 Å². The van der Waals surface area contributed by atoms with Gasteiger partial charge in [0.15, 0.2) is 5.17 Å². The molecule has 0 saturated carbocycles. The molecule has 1 rings (SSSR count). The van der Waals surface area contributed by atoms with E-state index in [1.54, 1.807) is 0 Å². The van der Waals surface area contributed by atoms with Crippen LogP contribution in [-0.4, -0.2) is 18.0 Å². The number of nitrogens with zero attached hydrogens (tertiary/aromatic N) is 1. The summed E-state index contributed by atoms with van der Waals surface area (Å²) >= 11 is 5.46. The summed E-state index contributed by atoms with van der Waals surface area (Å²) in [5.41, 5.74) is 0. The van der Waals surface area contributed by atoms with E-state index < -0.39 is 0 Å². The van der Waals surface area contributed by atoms with Gasteiger partial charge in [-0.2, -0.15) is 0 Å². The Bertz CT molecular complexity index is 133. The molecule has 0 N–H and O–H groups in total. The smallest absolute Gasteiger partial charge is 0.203 e. The van der Waals surface area contributed by atoms with Gasteiger partial charge < -0.3 is 4.74 Å². The molecular weight excluding hydrogens is 138 g/mol. The number of aliphatic imine (C=N–C) groups is 1. The number of rotatable bonds is 3. The fourth-order valence-corrected chi connectivity index (χ4v) is 0.616. The van der Waals surface area contributed by atoms with Gasteiger partial charge in [0.25, 0.3) is 0 Å². The van der Waals surface area contributed by atoms with Crippen LogP contribution in [0.15, 0.2) is 4.99 Å². The van der Waals surface area contributed by atoms with E-state index in [1.807, 2.05) is 0 Å². The molecule has 0 radical (unpaired) electrons. The van der Waals surface area contributed by atoms with Gasteiger partial charge in [-0.1, -0.05) is 25.4 Å². The van der Waals surface area contributed by atoms with E-state index in [9.17, 15) is 0 Å². The summed E-state index contributed by atoms with van der Waals surface area (Å²) in [7, 11) is 0. The van der Waals surface area contributed by atoms with Crippen molar-refractivity contribution >= 4 is 16.8 Å². The van der Waals surface area contributed by atoms with Crippen molar-refractivity contribution in [2.75, 3.05) is 6.61 Å². The lowest BCUT2D eigenvalue weighted by atomic mass is 10.2. The first-order valence-corrected chi connectivity index (χ1v) is 3.42. The molecule has 1 aliphatic rings. The van der Waals surface area contributed by atoms with E-state index in [1.165, 1.54) is 0 Å². The first kappa shape index (κ1) is 7.03. The quantitative estimate of drug-likeness (QED) is 0.595. The highest BCUT2D eigenvalue weighted by molar-refractivity contribution is 6.70. The number of ether oxygens (including phenoxy) is 1. The first-order valence-electron chi connectivity index (χ1n) is 3.05. The standard InChI is InChI=1S/C6H10ClNO/c1-4(2)3-9-6-5(7)8-6/h4,6H,3H2,1-2H3. The van der Waals surface area contributed by atoms with Crippen molar-refractivity contribution in [1.82, 2.24) is 0 Å². The van der Waals surface area contributed by atoms with Gasteiger partial charge in [-0.05, 0) is 5.92 Å². The van der Waals surface area contributed by atoms with Gasteiger partial charge in [-0.25, -0.2) is 4.99 Å². The third kappa shape index (κ3) is 2.33. The second kappa shape index (κ2) is 2.67. The SMILES string of the molecule is CC(C)COC1N=C1Cl. The monoisotopic (exact) mass is 147 g/mol. The molecule has 1 unspecified atom stereocenters. The maximum absolute atomic E-state index is 5.46. The highest BCUT2D eigenvalue weighted by Gasteiger charge is 2.25. The maximum Gasteiger partial charge on any atom is 0.203 e. The van der Waals surface area contributed by atoms with Gasteiger partial charge in [-0.15, -0.1) is 0 Å². The van der Waals surface area contributed by atoms with E-state index in [4.69, 9.17) is 16.3 Å². The lowest BCUT2D eigenvalue weighted by Gasteiger charge is -2.02. The average Bonchev–Trinajstić information content (AvgIpc) is 2.42. The molecular formula is C6H10ClNO. The van der Waals surface area contributed by atoms with Gasteiger partial charge in [0.05, 0.1) is 6.61 Å². The summed E-state index contributed by atoms with van der Waals surface area (Å²) in [6.45, 7) is 4.93. The Hall–Kier alpha value is -0.0800. The fourth-order valence-electron chi connectivity index (χ4n) is 0.464. The molecule has 3 heteroatoms. The summed E-state index contributed by atoms with van der Waals surface area (Å²) < 4.78 is 5.19. The van der Waals surface area contributed by atoms with E-state index in [-0.39, 0.29) is 6.23 Å². The van der Waals surface area contributed by atoms with Crippen LogP contribution >= 0.6 is 11.6 Å². The molecule has 0 bridgehead atoms. The van der Waals surface area contributed by atoms with Crippen LogP contribution in [0, 0.1) is 5.92 Å². The molecule has 0 aliphatic carbocycles. The molecule has 0 aromatic rings. The number of hydrogen-bond acceptors (Lipinski definition) is 2. The molecule has 1 heterocycles. The Labute approximate surface area is 59.9 Å². The predicted molar refractivity (Wildman–Crippen MR) is 37.9 cm³/mol. The fraction of sp³-hybridized carbons (Fsp3) is 0.833. The van der Waals surface area contributed by atoms with Crippen LogP contribution in [0.4, 0.5) is 0 Å². The summed E-state index contributed by atoms with van der Waals surface area (Å²) in [6.07, 6.45) is -0.0888. The van der Waals surface area contributed by atoms with Crippen LogP contribution < -0.4 is 0 Å². The van der Waals surface area contributed by atoms with Crippen molar-refractivity contribution in [2.45, 2.75) is 20.1 Å². The predicted octanol–water partition coefficient (Wildman–Crippen LogP) is 1.64. The lowest BCUT2D eigenvalue weighted by molar-refractivity contribution is 0.103. The third-order valence-electron chi connectivity index (χ3n) is 0.964. The Morgan fingerprint density at radius 2 is 2.33 bits per heavy atom. The molecule has 0 aromatic heterocycles. The van der Waals surface area contributed by atoms with Crippen molar-refractivity contribution in [2.24, 2.45) is 10.9 Å². The molecule has 0 saturated heterocycles. The molecule has 2 nitrogen and oxygen atoms in total. The molecule has 0 spiro atoms. The number of halogens is 1. The van der Waals surface area contributed by atoms with Crippen LogP contribution in [-0.2, 0) is 4.74 Å². The zero-order valence-electron chi connectivity index (χ0n) is 5.60. The topological polar surface area (TPSA) is 21.6 Å². The minimum Gasteiger partial charge on any atom is -0.350 e. The normalized spacial score (nSPS) is 24.4. The third-order valence-corrected chi connectivity index (χ3v) is 1.25. The molecule has 0 fully saturated rings. The molecule has 9 heavy (non-hydrogen) atoms. The Morgan fingerprint density at radius 3 is 2.67 bits per heavy atom. The first-order chi connectivity index (χ1) is 4.20. The van der Waals surface area contributed by atoms with E-state index >= 15 is 0 Å². The molecule has 0 aromatic carbocycles. The van der Waals surface area contributed by atoms with Crippen molar-refractivity contribution in [3.05, 3.63) is 0 Å². The summed E-state index contributed by atoms with van der Waals surface area (Å²) in [4.78, 5) is 3.79. The van der Waals surface area contributed by atoms with Crippen molar-refractivity contribution in [3.63, 3.8) is 0 Å². The van der Waals surface area contributed by atoms with Gasteiger partial charge in [-0.3, -0.25) is 0 Å². The summed E-state index contributed by atoms with van der Waals surface area (Å²) in [6, 6.07) is 0. The van der Waals surface area contributed by atoms with Crippen LogP contribution in [0.25, 0.3) is 0 Å². The minimum absolute atomic E-state index is 0.0888. The Morgan fingerprint density at radius 1 is 1.78 bits per heavy atom. The molecule has 1 aliphatic heterocycles. The van der Waals surface area contributed by atoms with Crippen molar-refractivity contribution in [1.29, 1.82) is 0 Å². The maximum atomic E-state index is 5.46. The zero-order valence-corrected chi connectivity index (χ0v) is 6.35. The van der Waals surface area contributed by atoms with Gasteiger partial charge in [0.1, 0.15) is 0 Å².